The van der Waals surface area contributed by atoms with E-state index in [1.54, 1.807) is 0 Å². The van der Waals surface area contributed by atoms with Gasteiger partial charge in [-0.3, -0.25) is 37.5 Å². The van der Waals surface area contributed by atoms with Gasteiger partial charge < -0.3 is 38.1 Å². The molecule has 0 bridgehead atoms. The van der Waals surface area contributed by atoms with Gasteiger partial charge >= 0.3 is 37.7 Å². The topological polar surface area (TPSA) is 198 Å². The monoisotopic (exact) mass is 1390 g/mol. The molecule has 1 rings (SSSR count). The molecule has 0 amide bonds. The molecule has 566 valence electrons. The highest BCUT2D eigenvalue weighted by Crippen LogP contribution is 2.50. The summed E-state index contributed by atoms with van der Waals surface area (Å²) >= 11 is 0. The molecule has 96 heavy (non-hydrogen) atoms. The normalized spacial score (nSPS) is 16.5. The minimum atomic E-state index is -3.66. The molecular formula is C78H148NO16P. The van der Waals surface area contributed by atoms with Crippen LogP contribution in [-0.2, 0) is 75.3 Å². The second-order valence-corrected chi connectivity index (χ2v) is 29.4. The van der Waals surface area contributed by atoms with Crippen molar-refractivity contribution in [2.75, 3.05) is 52.7 Å². The summed E-state index contributed by atoms with van der Waals surface area (Å²) in [4.78, 5) is 64.8. The van der Waals surface area contributed by atoms with Gasteiger partial charge in [0.25, 0.3) is 0 Å². The fraction of sp³-hybridized carbons (Fsp3) is 0.936. The molecule has 0 saturated carbocycles. The Kier molecular flexibility index (Phi) is 62.5. The molecule has 0 aromatic rings. The second-order valence-electron chi connectivity index (χ2n) is 27.7. The lowest BCUT2D eigenvalue weighted by Gasteiger charge is -2.44. The van der Waals surface area contributed by atoms with Crippen molar-refractivity contribution in [3.8, 4) is 0 Å². The molecule has 18 heteroatoms. The van der Waals surface area contributed by atoms with Crippen LogP contribution >= 0.6 is 7.82 Å². The largest absolute Gasteiger partial charge is 0.474 e. The van der Waals surface area contributed by atoms with Crippen LogP contribution in [0.5, 0.6) is 0 Å². The van der Waals surface area contributed by atoms with Gasteiger partial charge in [0.2, 0.25) is 0 Å². The third-order valence-corrected chi connectivity index (χ3v) is 19.9. The van der Waals surface area contributed by atoms with Crippen molar-refractivity contribution >= 4 is 37.7 Å². The van der Waals surface area contributed by atoms with E-state index < -0.39 is 62.4 Å². The summed E-state index contributed by atoms with van der Waals surface area (Å²) in [5, 5.41) is 0. The zero-order chi connectivity index (χ0) is 70.2. The van der Waals surface area contributed by atoms with E-state index in [1.807, 2.05) is 0 Å². The number of phosphoric ester groups is 1. The van der Waals surface area contributed by atoms with Gasteiger partial charge in [-0.05, 0) is 96.7 Å². The van der Waals surface area contributed by atoms with Crippen LogP contribution in [0.15, 0.2) is 0 Å². The molecule has 1 aliphatic heterocycles. The number of carbonyl (C=O) groups is 5. The van der Waals surface area contributed by atoms with Gasteiger partial charge in [0, 0.05) is 40.7 Å². The van der Waals surface area contributed by atoms with Crippen LogP contribution in [0.3, 0.4) is 0 Å². The van der Waals surface area contributed by atoms with E-state index in [0.717, 1.165) is 154 Å². The van der Waals surface area contributed by atoms with Crippen molar-refractivity contribution in [1.82, 2.24) is 4.90 Å². The lowest BCUT2D eigenvalue weighted by molar-refractivity contribution is -0.308. The maximum Gasteiger partial charge on any atom is 0.474 e. The Morgan fingerprint density at radius 3 is 1.05 bits per heavy atom. The van der Waals surface area contributed by atoms with Crippen LogP contribution in [0.4, 0.5) is 0 Å². The van der Waals surface area contributed by atoms with Gasteiger partial charge in [0.15, 0.2) is 24.6 Å². The number of rotatable bonds is 71. The van der Waals surface area contributed by atoms with Crippen LogP contribution in [0, 0.1) is 0 Å². The zero-order valence-corrected chi connectivity index (χ0v) is 64.0. The van der Waals surface area contributed by atoms with Crippen molar-refractivity contribution in [3.63, 3.8) is 0 Å². The predicted molar refractivity (Wildman–Crippen MR) is 388 cm³/mol. The molecule has 1 heterocycles. The number of hydrogen-bond acceptors (Lipinski definition) is 17. The Balaban J connectivity index is 2.94. The molecular weight excluding hydrogens is 1240 g/mol. The molecule has 17 nitrogen and oxygen atoms in total. The summed E-state index contributed by atoms with van der Waals surface area (Å²) in [6.07, 6.45) is 52.3. The minimum absolute atomic E-state index is 0.0343. The van der Waals surface area contributed by atoms with Crippen LogP contribution in [0.1, 0.15) is 383 Å². The lowest BCUT2D eigenvalue weighted by atomic mass is 9.98. The van der Waals surface area contributed by atoms with E-state index in [0.29, 0.717) is 32.7 Å². The molecule has 0 radical (unpaired) electrons. The van der Waals surface area contributed by atoms with Gasteiger partial charge in [-0.25, -0.2) is 4.57 Å². The van der Waals surface area contributed by atoms with Crippen LogP contribution in [0.25, 0.3) is 0 Å². The van der Waals surface area contributed by atoms with Crippen molar-refractivity contribution in [2.45, 2.75) is 420 Å². The number of phosphoric acid groups is 1. The minimum Gasteiger partial charge on any atom is -0.463 e. The van der Waals surface area contributed by atoms with Crippen LogP contribution in [0.2, 0.25) is 0 Å². The number of esters is 5. The van der Waals surface area contributed by atoms with Crippen molar-refractivity contribution in [2.24, 2.45) is 0 Å². The van der Waals surface area contributed by atoms with Gasteiger partial charge in [0.1, 0.15) is 18.8 Å². The molecule has 0 spiro atoms. The third kappa shape index (κ3) is 55.1. The molecule has 1 aliphatic rings. The van der Waals surface area contributed by atoms with Gasteiger partial charge in [-0.1, -0.05) is 272 Å². The van der Waals surface area contributed by atoms with Gasteiger partial charge in [0.05, 0.1) is 19.8 Å². The third-order valence-electron chi connectivity index (χ3n) is 18.4. The first kappa shape index (κ1) is 91.4. The Labute approximate surface area is 587 Å². The summed E-state index contributed by atoms with van der Waals surface area (Å²) in [6.45, 7) is 17.6. The highest BCUT2D eigenvalue weighted by atomic mass is 31.2. The lowest BCUT2D eigenvalue weighted by Crippen LogP contribution is -2.63. The average molecular weight is 1390 g/mol. The molecule has 0 N–H and O–H groups in total. The number of nitrogens with zero attached hydrogens (tertiary/aromatic N) is 1. The van der Waals surface area contributed by atoms with E-state index >= 15 is 0 Å². The Morgan fingerprint density at radius 2 is 0.677 bits per heavy atom. The van der Waals surface area contributed by atoms with E-state index in [9.17, 15) is 28.5 Å². The highest BCUT2D eigenvalue weighted by Gasteiger charge is 2.52. The SMILES string of the molecule is CCCCCCCCCCCOP(=O)(OCCCCCCCCCCC)OCCCCCCCN(CCCCCCCC(=O)OC(CCCCCCCCCCC)CCCCCCCCCCC)CCCCO[C@H]1O[C@H](COC(C)=O)[C@@H](OC(C)=O)[C@H](OC(C)=O)[C@@H]1OC(C)=O. The summed E-state index contributed by atoms with van der Waals surface area (Å²) in [6, 6.07) is 0. The van der Waals surface area contributed by atoms with Gasteiger partial charge in [-0.2, -0.15) is 0 Å². The van der Waals surface area contributed by atoms with Crippen LogP contribution < -0.4 is 0 Å². The fourth-order valence-corrected chi connectivity index (χ4v) is 14.0. The summed E-state index contributed by atoms with van der Waals surface area (Å²) < 4.78 is 72.4. The molecule has 0 aromatic heterocycles. The second kappa shape index (κ2) is 65.6. The number of ether oxygens (including phenoxy) is 7. The van der Waals surface area contributed by atoms with E-state index in [2.05, 4.69) is 32.6 Å². The van der Waals surface area contributed by atoms with Gasteiger partial charge in [-0.15, -0.1) is 0 Å². The van der Waals surface area contributed by atoms with Crippen molar-refractivity contribution < 1.29 is 75.3 Å². The first-order valence-electron chi connectivity index (χ1n) is 40.1. The smallest absolute Gasteiger partial charge is 0.463 e. The molecule has 1 saturated heterocycles. The van der Waals surface area contributed by atoms with E-state index in [-0.39, 0.29) is 25.3 Å². The molecule has 0 unspecified atom stereocenters. The molecule has 0 aromatic carbocycles. The van der Waals surface area contributed by atoms with Crippen molar-refractivity contribution in [3.05, 3.63) is 0 Å². The molecule has 1 fully saturated rings. The Hall–Kier alpha value is -2.66. The molecule has 5 atom stereocenters. The average Bonchev–Trinajstić information content (AvgIpc) is 0.791. The standard InChI is InChI=1S/C78H148NO16P/c1-9-13-17-21-25-29-33-39-47-57-72(58-48-40-34-30-26-22-18-14-10-2)94-74(84)59-49-41-37-42-50-60-79(62-52-56-63-86-78-77(93-71(8)83)76(92-70(7)82)75(91-69(6)81)73(95-78)67-87-68(5)80)61-51-43-38-46-55-66-90-96(85,88-64-53-44-35-31-27-23-19-15-11-3)89-65-54-45-36-32-28-24-20-16-12-4/h72-73,75-78H,9-67H2,1-8H3/t73-,75-,76+,77+,78+/m1/s1. The quantitative estimate of drug-likeness (QED) is 0.0241. The molecule has 0 aliphatic carbocycles. The Bertz CT molecular complexity index is 1830. The number of hydrogen-bond donors (Lipinski definition) is 0. The highest BCUT2D eigenvalue weighted by molar-refractivity contribution is 7.48. The predicted octanol–water partition coefficient (Wildman–Crippen LogP) is 21.4. The maximum absolute atomic E-state index is 13.9. The summed E-state index contributed by atoms with van der Waals surface area (Å²) in [5.41, 5.74) is 0. The fourth-order valence-electron chi connectivity index (χ4n) is 12.7. The van der Waals surface area contributed by atoms with Crippen LogP contribution in [-0.4, -0.2) is 124 Å². The number of unbranched alkanes of at least 4 members (excludes halogenated alkanes) is 41. The summed E-state index contributed by atoms with van der Waals surface area (Å²) in [7, 11) is -3.66. The van der Waals surface area contributed by atoms with E-state index in [1.165, 1.54) is 207 Å². The zero-order valence-electron chi connectivity index (χ0n) is 63.1. The summed E-state index contributed by atoms with van der Waals surface area (Å²) in [5.74, 6) is -2.69. The Morgan fingerprint density at radius 1 is 0.365 bits per heavy atom. The van der Waals surface area contributed by atoms with E-state index in [4.69, 9.17) is 46.7 Å². The maximum atomic E-state index is 13.9. The number of carbonyl (C=O) groups excluding carboxylic acids is 5. The first-order chi connectivity index (χ1) is 46.7. The first-order valence-corrected chi connectivity index (χ1v) is 41.5. The van der Waals surface area contributed by atoms with Crippen molar-refractivity contribution in [1.29, 1.82) is 0 Å².